The van der Waals surface area contributed by atoms with Gasteiger partial charge in [0.05, 0.1) is 0 Å². The van der Waals surface area contributed by atoms with Crippen molar-refractivity contribution < 1.29 is 8.42 Å². The summed E-state index contributed by atoms with van der Waals surface area (Å²) in [6.45, 7) is 8.84. The van der Waals surface area contributed by atoms with Crippen LogP contribution in [0.25, 0.3) is 0 Å². The molecule has 118 valence electrons. The fourth-order valence-electron chi connectivity index (χ4n) is 3.54. The maximum Gasteiger partial charge on any atom is 0.282 e. The minimum Gasteiger partial charge on any atom is -0.195 e. The van der Waals surface area contributed by atoms with Gasteiger partial charge in [-0.25, -0.2) is 0 Å². The third-order valence-electron chi connectivity index (χ3n) is 4.35. The Bertz CT molecular complexity index is 633. The zero-order valence-electron chi connectivity index (χ0n) is 13.8. The van der Waals surface area contributed by atoms with Crippen molar-refractivity contribution >= 4 is 10.2 Å². The zero-order chi connectivity index (χ0) is 16.1. The van der Waals surface area contributed by atoms with E-state index in [0.29, 0.717) is 6.54 Å². The van der Waals surface area contributed by atoms with Gasteiger partial charge in [0.1, 0.15) is 0 Å². The molecule has 0 radical (unpaired) electrons. The van der Waals surface area contributed by atoms with E-state index in [1.165, 1.54) is 9.87 Å². The Hall–Kier alpha value is -0.910. The molecule has 0 amide bonds. The molecule has 0 saturated heterocycles. The first-order valence-electron chi connectivity index (χ1n) is 7.27. The van der Waals surface area contributed by atoms with Crippen LogP contribution in [0.1, 0.15) is 45.2 Å². The molecule has 1 heterocycles. The second-order valence-electron chi connectivity index (χ2n) is 7.33. The predicted octanol–water partition coefficient (Wildman–Crippen LogP) is 2.75. The SMILES string of the molecule is CN(C)S(=O)(=O)N1Cc2ccccc2C(C)(C)CC1(C)C. The van der Waals surface area contributed by atoms with Crippen LogP contribution in [0.15, 0.2) is 24.3 Å². The van der Waals surface area contributed by atoms with Gasteiger partial charge in [0.25, 0.3) is 10.2 Å². The van der Waals surface area contributed by atoms with E-state index >= 15 is 0 Å². The molecular formula is C16H26N2O2S. The molecule has 1 aliphatic heterocycles. The third kappa shape index (κ3) is 2.87. The van der Waals surface area contributed by atoms with Crippen molar-refractivity contribution in [1.82, 2.24) is 8.61 Å². The molecule has 0 aliphatic carbocycles. The standard InChI is InChI=1S/C16H26N2O2S/c1-15(2)12-16(3,4)18(21(19,20)17(5)6)11-13-9-7-8-10-14(13)15/h7-10H,11-12H2,1-6H3. The quantitative estimate of drug-likeness (QED) is 0.843. The van der Waals surface area contributed by atoms with E-state index < -0.39 is 15.7 Å². The Morgan fingerprint density at radius 1 is 1.10 bits per heavy atom. The molecule has 0 aromatic heterocycles. The molecule has 1 aromatic carbocycles. The van der Waals surface area contributed by atoms with Crippen LogP contribution in [0.4, 0.5) is 0 Å². The summed E-state index contributed by atoms with van der Waals surface area (Å²) in [7, 11) is -0.276. The van der Waals surface area contributed by atoms with Gasteiger partial charge < -0.3 is 0 Å². The second-order valence-corrected chi connectivity index (χ2v) is 9.39. The van der Waals surface area contributed by atoms with Gasteiger partial charge in [0, 0.05) is 26.2 Å². The first kappa shape index (κ1) is 16.5. The molecular weight excluding hydrogens is 284 g/mol. The molecule has 0 atom stereocenters. The average Bonchev–Trinajstić information content (AvgIpc) is 2.41. The minimum absolute atomic E-state index is 0.0589. The van der Waals surface area contributed by atoms with E-state index in [9.17, 15) is 8.42 Å². The second kappa shape index (κ2) is 5.07. The summed E-state index contributed by atoms with van der Waals surface area (Å²) < 4.78 is 28.4. The smallest absolute Gasteiger partial charge is 0.195 e. The summed E-state index contributed by atoms with van der Waals surface area (Å²) in [6, 6.07) is 8.17. The highest BCUT2D eigenvalue weighted by atomic mass is 32.2. The van der Waals surface area contributed by atoms with E-state index in [1.807, 2.05) is 32.0 Å². The number of hydrogen-bond donors (Lipinski definition) is 0. The topological polar surface area (TPSA) is 40.6 Å². The molecule has 2 rings (SSSR count). The van der Waals surface area contributed by atoms with Crippen molar-refractivity contribution in [2.75, 3.05) is 14.1 Å². The highest BCUT2D eigenvalue weighted by molar-refractivity contribution is 7.86. The molecule has 0 unspecified atom stereocenters. The molecule has 0 spiro atoms. The largest absolute Gasteiger partial charge is 0.282 e. The molecule has 1 aliphatic rings. The van der Waals surface area contributed by atoms with Gasteiger partial charge in [-0.05, 0) is 36.8 Å². The van der Waals surface area contributed by atoms with Crippen LogP contribution in [-0.2, 0) is 22.2 Å². The fraction of sp³-hybridized carbons (Fsp3) is 0.625. The summed E-state index contributed by atoms with van der Waals surface area (Å²) in [6.07, 6.45) is 0.782. The van der Waals surface area contributed by atoms with Crippen molar-refractivity contribution in [2.24, 2.45) is 0 Å². The minimum atomic E-state index is -3.46. The molecule has 5 heteroatoms. The first-order chi connectivity index (χ1) is 9.48. The van der Waals surface area contributed by atoms with E-state index in [1.54, 1.807) is 18.4 Å². The molecule has 21 heavy (non-hydrogen) atoms. The Morgan fingerprint density at radius 3 is 2.24 bits per heavy atom. The molecule has 4 nitrogen and oxygen atoms in total. The lowest BCUT2D eigenvalue weighted by atomic mass is 9.75. The molecule has 0 saturated carbocycles. The average molecular weight is 310 g/mol. The Labute approximate surface area is 128 Å². The lowest BCUT2D eigenvalue weighted by Crippen LogP contribution is -2.51. The van der Waals surface area contributed by atoms with Crippen molar-refractivity contribution in [3.05, 3.63) is 35.4 Å². The van der Waals surface area contributed by atoms with Gasteiger partial charge in [-0.15, -0.1) is 0 Å². The van der Waals surface area contributed by atoms with E-state index in [-0.39, 0.29) is 5.41 Å². The number of rotatable bonds is 2. The normalized spacial score (nSPS) is 21.9. The fourth-order valence-corrected chi connectivity index (χ4v) is 4.93. The summed E-state index contributed by atoms with van der Waals surface area (Å²) in [5.41, 5.74) is 1.84. The summed E-state index contributed by atoms with van der Waals surface area (Å²) in [5, 5.41) is 0. The van der Waals surface area contributed by atoms with E-state index in [0.717, 1.165) is 12.0 Å². The Morgan fingerprint density at radius 2 is 1.67 bits per heavy atom. The summed E-state index contributed by atoms with van der Waals surface area (Å²) in [5.74, 6) is 0. The van der Waals surface area contributed by atoms with Gasteiger partial charge in [-0.2, -0.15) is 17.0 Å². The maximum absolute atomic E-state index is 12.7. The van der Waals surface area contributed by atoms with E-state index in [2.05, 4.69) is 19.9 Å². The van der Waals surface area contributed by atoms with Crippen molar-refractivity contribution in [2.45, 2.75) is 51.6 Å². The zero-order valence-corrected chi connectivity index (χ0v) is 14.7. The number of nitrogens with zero attached hydrogens (tertiary/aromatic N) is 2. The van der Waals surface area contributed by atoms with Crippen LogP contribution in [0, 0.1) is 0 Å². The summed E-state index contributed by atoms with van der Waals surface area (Å²) in [4.78, 5) is 0. The number of hydrogen-bond acceptors (Lipinski definition) is 2. The lowest BCUT2D eigenvalue weighted by molar-refractivity contribution is 0.177. The summed E-state index contributed by atoms with van der Waals surface area (Å²) >= 11 is 0. The van der Waals surface area contributed by atoms with Gasteiger partial charge in [0.15, 0.2) is 0 Å². The third-order valence-corrected chi connectivity index (χ3v) is 6.45. The van der Waals surface area contributed by atoms with Crippen LogP contribution in [0.2, 0.25) is 0 Å². The Balaban J connectivity index is 2.61. The Kier molecular flexibility index (Phi) is 3.98. The van der Waals surface area contributed by atoms with Crippen LogP contribution in [0.3, 0.4) is 0 Å². The predicted molar refractivity (Wildman–Crippen MR) is 86.3 cm³/mol. The molecule has 0 N–H and O–H groups in total. The van der Waals surface area contributed by atoms with Crippen molar-refractivity contribution in [3.8, 4) is 0 Å². The monoisotopic (exact) mass is 310 g/mol. The molecule has 0 bridgehead atoms. The first-order valence-corrected chi connectivity index (χ1v) is 8.67. The van der Waals surface area contributed by atoms with E-state index in [4.69, 9.17) is 0 Å². The van der Waals surface area contributed by atoms with Crippen LogP contribution < -0.4 is 0 Å². The van der Waals surface area contributed by atoms with Gasteiger partial charge in [-0.1, -0.05) is 38.1 Å². The van der Waals surface area contributed by atoms with Crippen LogP contribution in [0.5, 0.6) is 0 Å². The van der Waals surface area contributed by atoms with Crippen LogP contribution >= 0.6 is 0 Å². The highest BCUT2D eigenvalue weighted by Gasteiger charge is 2.44. The number of benzene rings is 1. The van der Waals surface area contributed by atoms with Crippen molar-refractivity contribution in [1.29, 1.82) is 0 Å². The number of fused-ring (bicyclic) bond motifs is 1. The maximum atomic E-state index is 12.7. The highest BCUT2D eigenvalue weighted by Crippen LogP contribution is 2.42. The van der Waals surface area contributed by atoms with Crippen molar-refractivity contribution in [3.63, 3.8) is 0 Å². The van der Waals surface area contributed by atoms with Gasteiger partial charge >= 0.3 is 0 Å². The van der Waals surface area contributed by atoms with Gasteiger partial charge in [-0.3, -0.25) is 0 Å². The van der Waals surface area contributed by atoms with Gasteiger partial charge in [0.2, 0.25) is 0 Å². The lowest BCUT2D eigenvalue weighted by Gasteiger charge is -2.40. The molecule has 0 fully saturated rings. The van der Waals surface area contributed by atoms with Crippen LogP contribution in [-0.4, -0.2) is 36.7 Å². The molecule has 1 aromatic rings.